The number of piperidine rings is 1. The highest BCUT2D eigenvalue weighted by molar-refractivity contribution is 7.90. The summed E-state index contributed by atoms with van der Waals surface area (Å²) in [6.07, 6.45) is 1.20. The Labute approximate surface area is 148 Å². The molecule has 1 saturated heterocycles. The van der Waals surface area contributed by atoms with Crippen LogP contribution in [0.2, 0.25) is 5.02 Å². The van der Waals surface area contributed by atoms with Crippen molar-refractivity contribution in [1.29, 1.82) is 0 Å². The molecule has 1 aromatic rings. The summed E-state index contributed by atoms with van der Waals surface area (Å²) in [5, 5.41) is 3.43. The first kappa shape index (κ1) is 19.0. The first-order chi connectivity index (χ1) is 11.1. The normalized spacial score (nSPS) is 16.9. The number of hydrogen-bond acceptors (Lipinski definition) is 3. The predicted molar refractivity (Wildman–Crippen MR) is 96.9 cm³/mol. The highest BCUT2D eigenvalue weighted by Crippen LogP contribution is 2.19. The van der Waals surface area contributed by atoms with Crippen LogP contribution in [-0.4, -0.2) is 43.2 Å². The van der Waals surface area contributed by atoms with Crippen molar-refractivity contribution in [3.05, 3.63) is 29.3 Å². The van der Waals surface area contributed by atoms with Gasteiger partial charge in [0, 0.05) is 29.8 Å². The average Bonchev–Trinajstić information content (AvgIpc) is 2.49. The maximum Gasteiger partial charge on any atom is 0.321 e. The van der Waals surface area contributed by atoms with Crippen molar-refractivity contribution in [2.45, 2.75) is 44.4 Å². The van der Waals surface area contributed by atoms with Crippen LogP contribution >= 0.6 is 11.6 Å². The zero-order valence-corrected chi connectivity index (χ0v) is 15.7. The molecule has 2 rings (SSSR count). The third-order valence-electron chi connectivity index (χ3n) is 4.01. The maximum absolute atomic E-state index is 12.2. The van der Waals surface area contributed by atoms with E-state index in [4.69, 9.17) is 11.6 Å². The Balaban J connectivity index is 1.86. The summed E-state index contributed by atoms with van der Waals surface area (Å²) >= 11 is 5.82. The van der Waals surface area contributed by atoms with Gasteiger partial charge in [0.15, 0.2) is 0 Å². The van der Waals surface area contributed by atoms with Gasteiger partial charge in [-0.05, 0) is 57.9 Å². The molecule has 2 amide bonds. The van der Waals surface area contributed by atoms with Gasteiger partial charge < -0.3 is 10.2 Å². The molecule has 0 aromatic heterocycles. The summed E-state index contributed by atoms with van der Waals surface area (Å²) in [6, 6.07) is 6.59. The lowest BCUT2D eigenvalue weighted by Crippen LogP contribution is -2.50. The first-order valence-corrected chi connectivity index (χ1v) is 9.78. The molecule has 1 fully saturated rings. The van der Waals surface area contributed by atoms with E-state index in [0.717, 1.165) is 0 Å². The minimum Gasteiger partial charge on any atom is -0.324 e. The van der Waals surface area contributed by atoms with E-state index in [9.17, 15) is 13.2 Å². The van der Waals surface area contributed by atoms with E-state index < -0.39 is 14.8 Å². The van der Waals surface area contributed by atoms with Crippen LogP contribution in [0.15, 0.2) is 24.3 Å². The van der Waals surface area contributed by atoms with Crippen molar-refractivity contribution in [1.82, 2.24) is 9.62 Å². The molecule has 2 N–H and O–H groups in total. The molecule has 0 radical (unpaired) electrons. The van der Waals surface area contributed by atoms with Gasteiger partial charge in [0.1, 0.15) is 0 Å². The summed E-state index contributed by atoms with van der Waals surface area (Å²) in [5.41, 5.74) is 0.681. The number of rotatable bonds is 3. The van der Waals surface area contributed by atoms with Crippen LogP contribution < -0.4 is 10.0 Å². The van der Waals surface area contributed by atoms with Crippen molar-refractivity contribution >= 4 is 33.3 Å². The summed E-state index contributed by atoms with van der Waals surface area (Å²) in [5.74, 6) is 0. The van der Waals surface area contributed by atoms with E-state index in [1.54, 1.807) is 49.9 Å². The molecule has 1 aromatic carbocycles. The van der Waals surface area contributed by atoms with Crippen molar-refractivity contribution < 1.29 is 13.2 Å². The monoisotopic (exact) mass is 373 g/mol. The largest absolute Gasteiger partial charge is 0.324 e. The summed E-state index contributed by atoms with van der Waals surface area (Å²) in [6.45, 7) is 6.03. The van der Waals surface area contributed by atoms with Crippen LogP contribution in [0.3, 0.4) is 0 Å². The van der Waals surface area contributed by atoms with Gasteiger partial charge in [0.05, 0.1) is 4.75 Å². The van der Waals surface area contributed by atoms with Gasteiger partial charge in [-0.2, -0.15) is 0 Å². The smallest absolute Gasteiger partial charge is 0.321 e. The van der Waals surface area contributed by atoms with Gasteiger partial charge >= 0.3 is 6.03 Å². The van der Waals surface area contributed by atoms with Gasteiger partial charge in [-0.25, -0.2) is 17.9 Å². The minimum atomic E-state index is -3.37. The Bertz CT molecular complexity index is 676. The molecular formula is C16H24ClN3O3S. The molecule has 24 heavy (non-hydrogen) atoms. The standard InChI is InChI=1S/C16H24ClN3O3S/c1-16(2,3)24(22,23)19-14-8-10-20(11-9-14)15(21)18-13-6-4-12(17)5-7-13/h4-7,14,19H,8-11H2,1-3H3,(H,18,21). The van der Waals surface area contributed by atoms with Crippen LogP contribution in [0, 0.1) is 0 Å². The number of nitrogens with one attached hydrogen (secondary N) is 2. The van der Waals surface area contributed by atoms with E-state index in [2.05, 4.69) is 10.0 Å². The molecule has 1 heterocycles. The molecule has 0 unspecified atom stereocenters. The van der Waals surface area contributed by atoms with Gasteiger partial charge in [-0.15, -0.1) is 0 Å². The summed E-state index contributed by atoms with van der Waals surface area (Å²) < 4.78 is 26.3. The number of amides is 2. The highest BCUT2D eigenvalue weighted by atomic mass is 35.5. The third-order valence-corrected chi connectivity index (χ3v) is 6.51. The van der Waals surface area contributed by atoms with Crippen molar-refractivity contribution in [3.63, 3.8) is 0 Å². The Morgan fingerprint density at radius 1 is 1.17 bits per heavy atom. The second-order valence-corrected chi connectivity index (χ2v) is 9.84. The predicted octanol–water partition coefficient (Wildman–Crippen LogP) is 3.05. The molecule has 0 saturated carbocycles. The van der Waals surface area contributed by atoms with Gasteiger partial charge in [-0.1, -0.05) is 11.6 Å². The number of sulfonamides is 1. The number of nitrogens with zero attached hydrogens (tertiary/aromatic N) is 1. The Hall–Kier alpha value is -1.31. The Morgan fingerprint density at radius 2 is 1.71 bits per heavy atom. The van der Waals surface area contributed by atoms with Gasteiger partial charge in [0.25, 0.3) is 0 Å². The number of carbonyl (C=O) groups excluding carboxylic acids is 1. The Kier molecular flexibility index (Phi) is 5.78. The second-order valence-electron chi connectivity index (χ2n) is 6.93. The number of halogens is 1. The molecule has 1 aliphatic rings. The van der Waals surface area contributed by atoms with E-state index in [1.165, 1.54) is 0 Å². The molecule has 0 bridgehead atoms. The highest BCUT2D eigenvalue weighted by Gasteiger charge is 2.33. The lowest BCUT2D eigenvalue weighted by Gasteiger charge is -2.33. The summed E-state index contributed by atoms with van der Waals surface area (Å²) in [4.78, 5) is 13.9. The maximum atomic E-state index is 12.2. The first-order valence-electron chi connectivity index (χ1n) is 7.92. The lowest BCUT2D eigenvalue weighted by molar-refractivity contribution is 0.193. The van der Waals surface area contributed by atoms with E-state index in [1.807, 2.05) is 0 Å². The van der Waals surface area contributed by atoms with E-state index in [0.29, 0.717) is 36.6 Å². The van der Waals surface area contributed by atoms with Gasteiger partial charge in [-0.3, -0.25) is 0 Å². The number of carbonyl (C=O) groups is 1. The van der Waals surface area contributed by atoms with Crippen molar-refractivity contribution in [3.8, 4) is 0 Å². The van der Waals surface area contributed by atoms with Crippen LogP contribution in [0.5, 0.6) is 0 Å². The lowest BCUT2D eigenvalue weighted by atomic mass is 10.1. The fourth-order valence-electron chi connectivity index (χ4n) is 2.33. The van der Waals surface area contributed by atoms with Crippen molar-refractivity contribution in [2.75, 3.05) is 18.4 Å². The summed E-state index contributed by atoms with van der Waals surface area (Å²) in [7, 11) is -3.37. The second kappa shape index (κ2) is 7.29. The molecule has 134 valence electrons. The van der Waals surface area contributed by atoms with Crippen LogP contribution in [0.25, 0.3) is 0 Å². The number of likely N-dealkylation sites (tertiary alicyclic amines) is 1. The zero-order valence-electron chi connectivity index (χ0n) is 14.2. The number of benzene rings is 1. The van der Waals surface area contributed by atoms with Crippen LogP contribution in [0.1, 0.15) is 33.6 Å². The third kappa shape index (κ3) is 4.84. The zero-order chi connectivity index (χ0) is 18.0. The molecule has 8 heteroatoms. The average molecular weight is 374 g/mol. The van der Waals surface area contributed by atoms with Crippen LogP contribution in [-0.2, 0) is 10.0 Å². The van der Waals surface area contributed by atoms with Gasteiger partial charge in [0.2, 0.25) is 10.0 Å². The SMILES string of the molecule is CC(C)(C)S(=O)(=O)NC1CCN(C(=O)Nc2ccc(Cl)cc2)CC1. The minimum absolute atomic E-state index is 0.131. The number of anilines is 1. The molecule has 0 atom stereocenters. The Morgan fingerprint density at radius 3 is 2.21 bits per heavy atom. The molecule has 0 aliphatic carbocycles. The number of hydrogen-bond donors (Lipinski definition) is 2. The quantitative estimate of drug-likeness (QED) is 0.854. The topological polar surface area (TPSA) is 78.5 Å². The molecule has 1 aliphatic heterocycles. The fourth-order valence-corrected chi connectivity index (χ4v) is 3.49. The molecular weight excluding hydrogens is 350 g/mol. The van der Waals surface area contributed by atoms with E-state index >= 15 is 0 Å². The molecule has 6 nitrogen and oxygen atoms in total. The molecule has 0 spiro atoms. The fraction of sp³-hybridized carbons (Fsp3) is 0.562. The van der Waals surface area contributed by atoms with Crippen LogP contribution in [0.4, 0.5) is 10.5 Å². The van der Waals surface area contributed by atoms with E-state index in [-0.39, 0.29) is 12.1 Å². The van der Waals surface area contributed by atoms with Crippen molar-refractivity contribution in [2.24, 2.45) is 0 Å². The number of urea groups is 1.